The zero-order chi connectivity index (χ0) is 15.2. The highest BCUT2D eigenvalue weighted by atomic mass is 16.2. The molecule has 1 heterocycles. The molecule has 110 valence electrons. The summed E-state index contributed by atoms with van der Waals surface area (Å²) in [5.74, 6) is -0.213. The molecule has 6 heteroatoms. The Kier molecular flexibility index (Phi) is 4.84. The summed E-state index contributed by atoms with van der Waals surface area (Å²) in [6.45, 7) is 1.27. The van der Waals surface area contributed by atoms with E-state index in [1.54, 1.807) is 24.1 Å². The van der Waals surface area contributed by atoms with Gasteiger partial charge in [0.05, 0.1) is 5.69 Å². The fraction of sp³-hybridized carbons (Fsp3) is 0.267. The van der Waals surface area contributed by atoms with Crippen molar-refractivity contribution < 1.29 is 4.79 Å². The average Bonchev–Trinajstić information content (AvgIpc) is 2.53. The van der Waals surface area contributed by atoms with Crippen LogP contribution < -0.4 is 10.9 Å². The van der Waals surface area contributed by atoms with Gasteiger partial charge in [-0.15, -0.1) is 0 Å². The molecule has 0 aliphatic carbocycles. The summed E-state index contributed by atoms with van der Waals surface area (Å²) in [7, 11) is 3.53. The molecule has 0 saturated carbocycles. The van der Waals surface area contributed by atoms with Gasteiger partial charge in [-0.3, -0.25) is 9.59 Å². The first-order valence-corrected chi connectivity index (χ1v) is 6.69. The van der Waals surface area contributed by atoms with Crippen LogP contribution in [-0.2, 0) is 0 Å². The van der Waals surface area contributed by atoms with E-state index in [2.05, 4.69) is 10.4 Å². The van der Waals surface area contributed by atoms with Crippen LogP contribution >= 0.6 is 0 Å². The monoisotopic (exact) mass is 286 g/mol. The lowest BCUT2D eigenvalue weighted by molar-refractivity contribution is 0.0789. The molecule has 0 aliphatic heterocycles. The summed E-state index contributed by atoms with van der Waals surface area (Å²) in [4.78, 5) is 25.7. The minimum absolute atomic E-state index is 0.213. The van der Waals surface area contributed by atoms with E-state index < -0.39 is 0 Å². The van der Waals surface area contributed by atoms with Crippen molar-refractivity contribution in [2.45, 2.75) is 0 Å². The van der Waals surface area contributed by atoms with Crippen molar-refractivity contribution in [3.63, 3.8) is 0 Å². The zero-order valence-electron chi connectivity index (χ0n) is 12.1. The molecule has 2 aromatic rings. The number of para-hydroxylation sites is 1. The van der Waals surface area contributed by atoms with Crippen molar-refractivity contribution >= 4 is 5.91 Å². The lowest BCUT2D eigenvalue weighted by Gasteiger charge is -2.16. The highest BCUT2D eigenvalue weighted by molar-refractivity contribution is 5.91. The Morgan fingerprint density at radius 1 is 1.24 bits per heavy atom. The largest absolute Gasteiger partial charge is 0.339 e. The summed E-state index contributed by atoms with van der Waals surface area (Å²) in [6, 6.07) is 11.9. The number of benzene rings is 1. The highest BCUT2D eigenvalue weighted by Gasteiger charge is 2.14. The Bertz CT molecular complexity index is 667. The third-order valence-corrected chi connectivity index (χ3v) is 3.06. The Morgan fingerprint density at radius 3 is 2.62 bits per heavy atom. The fourth-order valence-corrected chi connectivity index (χ4v) is 1.86. The number of carbonyl (C=O) groups is 1. The molecule has 1 aromatic heterocycles. The van der Waals surface area contributed by atoms with Crippen molar-refractivity contribution in [1.29, 1.82) is 0 Å². The van der Waals surface area contributed by atoms with E-state index in [0.717, 1.165) is 0 Å². The summed E-state index contributed by atoms with van der Waals surface area (Å²) in [6.07, 6.45) is 0. The second kappa shape index (κ2) is 6.81. The standard InChI is InChI=1S/C15H18N4O2/c1-16-10-11-18(2)15(21)13-8-9-14(20)19(17-13)12-6-4-3-5-7-12/h3-9,16H,10-11H2,1-2H3. The van der Waals surface area contributed by atoms with E-state index in [0.29, 0.717) is 18.8 Å². The molecule has 0 bridgehead atoms. The van der Waals surface area contributed by atoms with Gasteiger partial charge in [0.1, 0.15) is 5.69 Å². The summed E-state index contributed by atoms with van der Waals surface area (Å²) in [5.41, 5.74) is 0.614. The van der Waals surface area contributed by atoms with Gasteiger partial charge in [0.2, 0.25) is 0 Å². The van der Waals surface area contributed by atoms with Gasteiger partial charge in [-0.05, 0) is 25.2 Å². The number of rotatable bonds is 5. The molecule has 0 atom stereocenters. The molecular weight excluding hydrogens is 268 g/mol. The molecular formula is C15H18N4O2. The Labute approximate surface area is 123 Å². The van der Waals surface area contributed by atoms with E-state index in [1.165, 1.54) is 16.8 Å². The zero-order valence-corrected chi connectivity index (χ0v) is 12.1. The molecule has 0 saturated heterocycles. The second-order valence-corrected chi connectivity index (χ2v) is 4.63. The minimum atomic E-state index is -0.268. The Balaban J connectivity index is 2.31. The van der Waals surface area contributed by atoms with Gasteiger partial charge in [-0.2, -0.15) is 9.78 Å². The van der Waals surface area contributed by atoms with Crippen LogP contribution in [0.3, 0.4) is 0 Å². The van der Waals surface area contributed by atoms with Crippen LogP contribution in [0.15, 0.2) is 47.3 Å². The summed E-state index contributed by atoms with van der Waals surface area (Å²) in [5, 5.41) is 7.15. The topological polar surface area (TPSA) is 67.2 Å². The van der Waals surface area contributed by atoms with Crippen LogP contribution in [0.1, 0.15) is 10.5 Å². The quantitative estimate of drug-likeness (QED) is 0.870. The molecule has 0 radical (unpaired) electrons. The number of nitrogens with one attached hydrogen (secondary N) is 1. The molecule has 2 rings (SSSR count). The van der Waals surface area contributed by atoms with Crippen molar-refractivity contribution in [3.05, 3.63) is 58.5 Å². The van der Waals surface area contributed by atoms with Crippen molar-refractivity contribution in [2.24, 2.45) is 0 Å². The van der Waals surface area contributed by atoms with Crippen molar-refractivity contribution in [2.75, 3.05) is 27.2 Å². The molecule has 21 heavy (non-hydrogen) atoms. The van der Waals surface area contributed by atoms with Crippen LogP contribution in [0, 0.1) is 0 Å². The maximum Gasteiger partial charge on any atom is 0.274 e. The molecule has 1 aromatic carbocycles. The van der Waals surface area contributed by atoms with Crippen molar-refractivity contribution in [1.82, 2.24) is 20.0 Å². The third kappa shape index (κ3) is 3.55. The normalized spacial score (nSPS) is 10.4. The van der Waals surface area contributed by atoms with E-state index >= 15 is 0 Å². The smallest absolute Gasteiger partial charge is 0.274 e. The van der Waals surface area contributed by atoms with E-state index in [1.807, 2.05) is 25.2 Å². The first-order valence-electron chi connectivity index (χ1n) is 6.69. The fourth-order valence-electron chi connectivity index (χ4n) is 1.86. The number of hydrogen-bond donors (Lipinski definition) is 1. The van der Waals surface area contributed by atoms with E-state index in [9.17, 15) is 9.59 Å². The van der Waals surface area contributed by atoms with Gasteiger partial charge in [0, 0.05) is 26.2 Å². The van der Waals surface area contributed by atoms with Gasteiger partial charge in [-0.25, -0.2) is 0 Å². The number of aromatic nitrogens is 2. The van der Waals surface area contributed by atoms with Crippen molar-refractivity contribution in [3.8, 4) is 5.69 Å². The number of hydrogen-bond acceptors (Lipinski definition) is 4. The van der Waals surface area contributed by atoms with E-state index in [-0.39, 0.29) is 17.2 Å². The molecule has 1 N–H and O–H groups in total. The predicted molar refractivity (Wildman–Crippen MR) is 80.7 cm³/mol. The minimum Gasteiger partial charge on any atom is -0.339 e. The van der Waals surface area contributed by atoms with Gasteiger partial charge in [0.15, 0.2) is 0 Å². The molecule has 6 nitrogen and oxygen atoms in total. The van der Waals surface area contributed by atoms with Crippen LogP contribution in [0.2, 0.25) is 0 Å². The predicted octanol–water partition coefficient (Wildman–Crippen LogP) is 0.524. The van der Waals surface area contributed by atoms with Crippen LogP contribution in [0.4, 0.5) is 0 Å². The molecule has 1 amide bonds. The molecule has 0 aliphatic rings. The van der Waals surface area contributed by atoms with Crippen LogP contribution in [-0.4, -0.2) is 47.8 Å². The Hall–Kier alpha value is -2.47. The number of likely N-dealkylation sites (N-methyl/N-ethyl adjacent to an activating group) is 2. The molecule has 0 unspecified atom stereocenters. The van der Waals surface area contributed by atoms with Gasteiger partial charge >= 0.3 is 0 Å². The maximum absolute atomic E-state index is 12.3. The molecule has 0 fully saturated rings. The number of carbonyl (C=O) groups excluding carboxylic acids is 1. The highest BCUT2D eigenvalue weighted by Crippen LogP contribution is 2.04. The lowest BCUT2D eigenvalue weighted by Crippen LogP contribution is -2.34. The van der Waals surface area contributed by atoms with Gasteiger partial charge in [0.25, 0.3) is 11.5 Å². The SMILES string of the molecule is CNCCN(C)C(=O)c1ccc(=O)n(-c2ccccc2)n1. The van der Waals surface area contributed by atoms with Gasteiger partial charge in [-0.1, -0.05) is 18.2 Å². The second-order valence-electron chi connectivity index (χ2n) is 4.63. The first-order chi connectivity index (χ1) is 10.1. The first kappa shape index (κ1) is 14.9. The van der Waals surface area contributed by atoms with Gasteiger partial charge < -0.3 is 10.2 Å². The van der Waals surface area contributed by atoms with Crippen LogP contribution in [0.5, 0.6) is 0 Å². The Morgan fingerprint density at radius 2 is 1.95 bits per heavy atom. The number of amides is 1. The lowest BCUT2D eigenvalue weighted by atomic mass is 10.3. The van der Waals surface area contributed by atoms with E-state index in [4.69, 9.17) is 0 Å². The maximum atomic E-state index is 12.3. The van der Waals surface area contributed by atoms with Crippen LogP contribution in [0.25, 0.3) is 5.69 Å². The average molecular weight is 286 g/mol. The molecule has 0 spiro atoms. The summed E-state index contributed by atoms with van der Waals surface area (Å²) < 4.78 is 1.24. The summed E-state index contributed by atoms with van der Waals surface area (Å²) >= 11 is 0. The third-order valence-electron chi connectivity index (χ3n) is 3.06. The number of nitrogens with zero attached hydrogens (tertiary/aromatic N) is 3.